The van der Waals surface area contributed by atoms with Crippen LogP contribution in [-0.2, 0) is 9.59 Å². The van der Waals surface area contributed by atoms with Crippen LogP contribution in [0.2, 0.25) is 0 Å². The van der Waals surface area contributed by atoms with Gasteiger partial charge in [0.1, 0.15) is 17.9 Å². The fourth-order valence-corrected chi connectivity index (χ4v) is 2.62. The number of carbonyl (C=O) groups excluding carboxylic acids is 2. The van der Waals surface area contributed by atoms with Gasteiger partial charge in [-0.1, -0.05) is 20.3 Å². The van der Waals surface area contributed by atoms with Gasteiger partial charge in [-0.05, 0) is 43.5 Å². The zero-order chi connectivity index (χ0) is 15.7. The van der Waals surface area contributed by atoms with Gasteiger partial charge in [0, 0.05) is 5.69 Å². The summed E-state index contributed by atoms with van der Waals surface area (Å²) in [5.41, 5.74) is 1.16. The molecule has 114 valence electrons. The minimum Gasteiger partial charge on any atom is -0.342 e. The summed E-state index contributed by atoms with van der Waals surface area (Å²) < 4.78 is 13.6. The second-order valence-electron chi connectivity index (χ2n) is 5.74. The number of halogens is 1. The van der Waals surface area contributed by atoms with Crippen molar-refractivity contribution in [3.05, 3.63) is 29.6 Å². The van der Waals surface area contributed by atoms with Gasteiger partial charge in [-0.2, -0.15) is 0 Å². The van der Waals surface area contributed by atoms with Crippen molar-refractivity contribution in [3.8, 4) is 0 Å². The third-order valence-corrected chi connectivity index (χ3v) is 4.09. The summed E-state index contributed by atoms with van der Waals surface area (Å²) in [5, 5.41) is 2.77. The Kier molecular flexibility index (Phi) is 4.30. The lowest BCUT2D eigenvalue weighted by molar-refractivity contribution is -0.134. The molecular weight excluding hydrogens is 271 g/mol. The van der Waals surface area contributed by atoms with Crippen molar-refractivity contribution in [1.29, 1.82) is 0 Å². The van der Waals surface area contributed by atoms with Gasteiger partial charge in [-0.25, -0.2) is 4.39 Å². The van der Waals surface area contributed by atoms with Gasteiger partial charge in [-0.15, -0.1) is 0 Å². The molecule has 1 heterocycles. The van der Waals surface area contributed by atoms with E-state index >= 15 is 0 Å². The normalized spacial score (nSPS) is 24.0. The molecule has 1 aromatic carbocycles. The Morgan fingerprint density at radius 2 is 2.00 bits per heavy atom. The van der Waals surface area contributed by atoms with E-state index in [0.717, 1.165) is 12.0 Å². The molecule has 2 rings (SSSR count). The van der Waals surface area contributed by atoms with Gasteiger partial charge >= 0.3 is 0 Å². The number of hydrogen-bond acceptors (Lipinski definition) is 2. The van der Waals surface area contributed by atoms with Crippen molar-refractivity contribution in [2.24, 2.45) is 5.92 Å². The lowest BCUT2D eigenvalue weighted by atomic mass is 9.94. The number of hydrogen-bond donors (Lipinski definition) is 1. The molecule has 5 heteroatoms. The molecule has 21 heavy (non-hydrogen) atoms. The van der Waals surface area contributed by atoms with E-state index in [1.54, 1.807) is 19.9 Å². The van der Waals surface area contributed by atoms with E-state index in [1.807, 2.05) is 13.8 Å². The lowest BCUT2D eigenvalue weighted by Crippen LogP contribution is -2.64. The highest BCUT2D eigenvalue weighted by molar-refractivity contribution is 6.08. The Bertz CT molecular complexity index is 553. The number of nitrogens with zero attached hydrogens (tertiary/aromatic N) is 1. The summed E-state index contributed by atoms with van der Waals surface area (Å²) in [7, 11) is 0. The second kappa shape index (κ2) is 5.84. The third-order valence-electron chi connectivity index (χ3n) is 4.09. The van der Waals surface area contributed by atoms with Crippen LogP contribution >= 0.6 is 0 Å². The zero-order valence-electron chi connectivity index (χ0n) is 12.8. The predicted octanol–water partition coefficient (Wildman–Crippen LogP) is 2.40. The molecule has 2 amide bonds. The first-order valence-corrected chi connectivity index (χ1v) is 7.25. The smallest absolute Gasteiger partial charge is 0.250 e. The first-order valence-electron chi connectivity index (χ1n) is 7.25. The highest BCUT2D eigenvalue weighted by Crippen LogP contribution is 2.26. The van der Waals surface area contributed by atoms with Crippen molar-refractivity contribution in [1.82, 2.24) is 5.32 Å². The van der Waals surface area contributed by atoms with Gasteiger partial charge < -0.3 is 5.32 Å². The fraction of sp³-hybridized carbons (Fsp3) is 0.500. The van der Waals surface area contributed by atoms with Gasteiger partial charge in [0.25, 0.3) is 5.91 Å². The van der Waals surface area contributed by atoms with Crippen LogP contribution in [-0.4, -0.2) is 23.9 Å². The zero-order valence-corrected chi connectivity index (χ0v) is 12.8. The first kappa shape index (κ1) is 15.5. The van der Waals surface area contributed by atoms with E-state index in [9.17, 15) is 14.0 Å². The topological polar surface area (TPSA) is 49.4 Å². The predicted molar refractivity (Wildman–Crippen MR) is 79.5 cm³/mol. The molecule has 1 aromatic rings. The maximum Gasteiger partial charge on any atom is 0.250 e. The summed E-state index contributed by atoms with van der Waals surface area (Å²) in [4.78, 5) is 26.2. The van der Waals surface area contributed by atoms with Gasteiger partial charge in [0.2, 0.25) is 5.91 Å². The average Bonchev–Trinajstić information content (AvgIpc) is 2.41. The monoisotopic (exact) mass is 292 g/mol. The number of carbonyl (C=O) groups is 2. The van der Waals surface area contributed by atoms with E-state index in [1.165, 1.54) is 17.0 Å². The number of rotatable bonds is 3. The van der Waals surface area contributed by atoms with E-state index in [-0.39, 0.29) is 17.7 Å². The molecule has 1 saturated heterocycles. The number of amides is 2. The minimum absolute atomic E-state index is 0.0334. The molecule has 0 saturated carbocycles. The molecule has 1 aliphatic heterocycles. The quantitative estimate of drug-likeness (QED) is 0.930. The average molecular weight is 292 g/mol. The number of aryl methyl sites for hydroxylation is 1. The fourth-order valence-electron chi connectivity index (χ4n) is 2.62. The van der Waals surface area contributed by atoms with Crippen LogP contribution in [0.4, 0.5) is 10.1 Å². The Morgan fingerprint density at radius 3 is 2.57 bits per heavy atom. The summed E-state index contributed by atoms with van der Waals surface area (Å²) in [6.45, 7) is 7.31. The Balaban J connectivity index is 2.43. The highest BCUT2D eigenvalue weighted by Gasteiger charge is 2.40. The number of benzene rings is 1. The van der Waals surface area contributed by atoms with Gasteiger partial charge in [-0.3, -0.25) is 14.5 Å². The second-order valence-corrected chi connectivity index (χ2v) is 5.74. The summed E-state index contributed by atoms with van der Waals surface area (Å²) >= 11 is 0. The Morgan fingerprint density at radius 1 is 1.33 bits per heavy atom. The molecular formula is C16H21FN2O2. The van der Waals surface area contributed by atoms with Crippen LogP contribution in [0.15, 0.2) is 18.2 Å². The van der Waals surface area contributed by atoms with E-state index in [0.29, 0.717) is 5.69 Å². The van der Waals surface area contributed by atoms with Crippen molar-refractivity contribution in [2.75, 3.05) is 4.90 Å². The number of anilines is 1. The van der Waals surface area contributed by atoms with Crippen LogP contribution in [0.1, 0.15) is 32.8 Å². The van der Waals surface area contributed by atoms with E-state index in [2.05, 4.69) is 5.32 Å². The van der Waals surface area contributed by atoms with Crippen LogP contribution in [0.3, 0.4) is 0 Å². The van der Waals surface area contributed by atoms with Crippen molar-refractivity contribution in [2.45, 2.75) is 46.2 Å². The van der Waals surface area contributed by atoms with Crippen LogP contribution in [0.25, 0.3) is 0 Å². The summed E-state index contributed by atoms with van der Waals surface area (Å²) in [6, 6.07) is 3.23. The number of piperazine rings is 1. The molecule has 3 atom stereocenters. The molecule has 4 nitrogen and oxygen atoms in total. The SMILES string of the molecule is CCC(C)C1NC(=O)C(C)N(c2cc(C)cc(F)c2)C1=O. The van der Waals surface area contributed by atoms with Crippen LogP contribution < -0.4 is 10.2 Å². The van der Waals surface area contributed by atoms with E-state index < -0.39 is 17.9 Å². The molecule has 0 aliphatic carbocycles. The van der Waals surface area contributed by atoms with Gasteiger partial charge in [0.15, 0.2) is 0 Å². The first-order chi connectivity index (χ1) is 9.85. The largest absolute Gasteiger partial charge is 0.342 e. The molecule has 0 bridgehead atoms. The molecule has 1 aliphatic rings. The molecule has 0 aromatic heterocycles. The maximum absolute atomic E-state index is 13.6. The minimum atomic E-state index is -0.640. The maximum atomic E-state index is 13.6. The standard InChI is InChI=1S/C16H21FN2O2/c1-5-10(3)14-16(21)19(11(4)15(20)18-14)13-7-9(2)6-12(17)8-13/h6-8,10-11,14H,5H2,1-4H3,(H,18,20). The van der Waals surface area contributed by atoms with Crippen molar-refractivity contribution < 1.29 is 14.0 Å². The Labute approximate surface area is 124 Å². The molecule has 0 spiro atoms. The lowest BCUT2D eigenvalue weighted by Gasteiger charge is -2.39. The molecule has 0 radical (unpaired) electrons. The van der Waals surface area contributed by atoms with Gasteiger partial charge in [0.05, 0.1) is 0 Å². The third kappa shape index (κ3) is 2.91. The molecule has 1 fully saturated rings. The Hall–Kier alpha value is -1.91. The van der Waals surface area contributed by atoms with Crippen LogP contribution in [0, 0.1) is 18.7 Å². The number of nitrogens with one attached hydrogen (secondary N) is 1. The van der Waals surface area contributed by atoms with Crippen molar-refractivity contribution in [3.63, 3.8) is 0 Å². The summed E-state index contributed by atoms with van der Waals surface area (Å²) in [5.74, 6) is -0.759. The summed E-state index contributed by atoms with van der Waals surface area (Å²) in [6.07, 6.45) is 0.779. The molecule has 1 N–H and O–H groups in total. The van der Waals surface area contributed by atoms with E-state index in [4.69, 9.17) is 0 Å². The molecule has 3 unspecified atom stereocenters. The highest BCUT2D eigenvalue weighted by atomic mass is 19.1. The van der Waals surface area contributed by atoms with Crippen molar-refractivity contribution >= 4 is 17.5 Å². The van der Waals surface area contributed by atoms with Crippen LogP contribution in [0.5, 0.6) is 0 Å².